The summed E-state index contributed by atoms with van der Waals surface area (Å²) in [5.41, 5.74) is 0.775. The molecule has 2 aromatic carbocycles. The molecule has 1 saturated carbocycles. The van der Waals surface area contributed by atoms with Crippen LogP contribution < -0.4 is 5.32 Å². The van der Waals surface area contributed by atoms with Gasteiger partial charge in [0.1, 0.15) is 23.0 Å². The third-order valence-electron chi connectivity index (χ3n) is 9.01. The van der Waals surface area contributed by atoms with Gasteiger partial charge in [-0.2, -0.15) is 0 Å². The third kappa shape index (κ3) is 6.34. The number of halogens is 2. The lowest BCUT2D eigenvalue weighted by atomic mass is 9.67. The van der Waals surface area contributed by atoms with Crippen LogP contribution in [-0.4, -0.2) is 47.7 Å². The van der Waals surface area contributed by atoms with Crippen molar-refractivity contribution in [3.63, 3.8) is 0 Å². The summed E-state index contributed by atoms with van der Waals surface area (Å²) < 4.78 is 32.9. The van der Waals surface area contributed by atoms with Gasteiger partial charge in [0.05, 0.1) is 19.6 Å². The molecule has 1 heterocycles. The molecule has 9 heteroatoms. The van der Waals surface area contributed by atoms with Crippen molar-refractivity contribution in [1.82, 2.24) is 10.2 Å². The molecule has 0 bridgehead atoms. The molecule has 41 heavy (non-hydrogen) atoms. The first-order valence-electron chi connectivity index (χ1n) is 14.3. The first kappa shape index (κ1) is 30.3. The fraction of sp³-hybridized carbons (Fsp3) is 0.500. The fourth-order valence-electron chi connectivity index (χ4n) is 6.08. The van der Waals surface area contributed by atoms with Crippen LogP contribution in [0.5, 0.6) is 0 Å². The van der Waals surface area contributed by atoms with Crippen molar-refractivity contribution in [2.24, 2.45) is 16.3 Å². The van der Waals surface area contributed by atoms with Crippen LogP contribution in [0, 0.1) is 23.0 Å². The zero-order valence-corrected chi connectivity index (χ0v) is 24.4. The highest BCUT2D eigenvalue weighted by atomic mass is 19.1. The Morgan fingerprint density at radius 3 is 2.29 bits per heavy atom. The second-order valence-electron chi connectivity index (χ2n) is 11.8. The zero-order chi connectivity index (χ0) is 29.9. The molecular weight excluding hydrogens is 528 g/mol. The van der Waals surface area contributed by atoms with Crippen molar-refractivity contribution in [3.05, 3.63) is 70.8 Å². The molecule has 4 rings (SSSR count). The number of carbonyl (C=O) groups excluding carboxylic acids is 3. The van der Waals surface area contributed by atoms with Crippen LogP contribution in [0.25, 0.3) is 0 Å². The summed E-state index contributed by atoms with van der Waals surface area (Å²) in [4.78, 5) is 44.5. The number of nitrogens with one attached hydrogen (secondary N) is 1. The normalized spacial score (nSPS) is 21.5. The number of ether oxygens (including phenoxy) is 1. The third-order valence-corrected chi connectivity index (χ3v) is 9.01. The highest BCUT2D eigenvalue weighted by molar-refractivity contribution is 6.46. The van der Waals surface area contributed by atoms with Crippen molar-refractivity contribution in [1.29, 1.82) is 0 Å². The van der Waals surface area contributed by atoms with Gasteiger partial charge in [-0.05, 0) is 73.8 Å². The maximum absolute atomic E-state index is 14.1. The molecule has 2 amide bonds. The molecule has 220 valence electrons. The lowest BCUT2D eigenvalue weighted by Gasteiger charge is -2.47. The van der Waals surface area contributed by atoms with Crippen LogP contribution in [0.2, 0.25) is 0 Å². The molecule has 2 aliphatic rings. The van der Waals surface area contributed by atoms with E-state index < -0.39 is 29.3 Å². The van der Waals surface area contributed by atoms with E-state index in [0.29, 0.717) is 24.3 Å². The minimum Gasteiger partial charge on any atom is -0.469 e. The van der Waals surface area contributed by atoms with Crippen molar-refractivity contribution < 1.29 is 27.9 Å². The Balaban J connectivity index is 1.61. The molecule has 1 aliphatic heterocycles. The van der Waals surface area contributed by atoms with Gasteiger partial charge in [-0.1, -0.05) is 39.3 Å². The Bertz CT molecular complexity index is 1310. The number of amides is 2. The predicted octanol–water partition coefficient (Wildman–Crippen LogP) is 5.97. The molecule has 0 aromatic heterocycles. The van der Waals surface area contributed by atoms with E-state index in [9.17, 15) is 23.2 Å². The summed E-state index contributed by atoms with van der Waals surface area (Å²) in [7, 11) is 1.29. The van der Waals surface area contributed by atoms with Gasteiger partial charge in [0.25, 0.3) is 11.8 Å². The van der Waals surface area contributed by atoms with E-state index in [0.717, 1.165) is 43.0 Å². The molecule has 1 aliphatic carbocycles. The molecule has 1 unspecified atom stereocenters. The number of benzene rings is 2. The second-order valence-corrected chi connectivity index (χ2v) is 11.8. The van der Waals surface area contributed by atoms with Gasteiger partial charge in [0.15, 0.2) is 0 Å². The maximum atomic E-state index is 14.1. The standard InChI is InChI=1S/C32H39F2N3O4/c1-6-31(3,4)24-11-14-32(15-12-24)36-28(23-17-25(33)19-26(34)18-23)30(40)37(32)20(2)21-7-9-22(10-8-21)29(39)35-16-13-27(38)41-5/h7-10,17-20,24H,6,11-16H2,1-5H3,(H,35,39). The highest BCUT2D eigenvalue weighted by Crippen LogP contribution is 2.50. The average molecular weight is 568 g/mol. The monoisotopic (exact) mass is 567 g/mol. The average Bonchev–Trinajstić information content (AvgIpc) is 3.23. The van der Waals surface area contributed by atoms with E-state index in [1.807, 2.05) is 6.92 Å². The van der Waals surface area contributed by atoms with Crippen LogP contribution in [0.15, 0.2) is 47.5 Å². The summed E-state index contributed by atoms with van der Waals surface area (Å²) in [6.45, 7) is 8.80. The van der Waals surface area contributed by atoms with Crippen LogP contribution in [0.3, 0.4) is 0 Å². The van der Waals surface area contributed by atoms with Crippen molar-refractivity contribution in [3.8, 4) is 0 Å². The van der Waals surface area contributed by atoms with Gasteiger partial charge in [-0.15, -0.1) is 0 Å². The first-order chi connectivity index (χ1) is 19.4. The molecule has 1 N–H and O–H groups in total. The fourth-order valence-corrected chi connectivity index (χ4v) is 6.08. The second kappa shape index (κ2) is 12.1. The SMILES string of the molecule is CCC(C)(C)C1CCC2(CC1)N=C(c1cc(F)cc(F)c1)C(=O)N2C(C)c1ccc(C(=O)NCCC(=O)OC)cc1. The van der Waals surface area contributed by atoms with Gasteiger partial charge in [-0.25, -0.2) is 8.78 Å². The number of methoxy groups -OCH3 is 1. The van der Waals surface area contributed by atoms with E-state index in [1.54, 1.807) is 29.2 Å². The Morgan fingerprint density at radius 1 is 1.12 bits per heavy atom. The van der Waals surface area contributed by atoms with Gasteiger partial charge in [0, 0.05) is 23.7 Å². The Morgan fingerprint density at radius 2 is 1.73 bits per heavy atom. The van der Waals surface area contributed by atoms with E-state index in [4.69, 9.17) is 4.99 Å². The summed E-state index contributed by atoms with van der Waals surface area (Å²) in [6.07, 6.45) is 4.19. The van der Waals surface area contributed by atoms with E-state index in [1.165, 1.54) is 7.11 Å². The first-order valence-corrected chi connectivity index (χ1v) is 14.3. The van der Waals surface area contributed by atoms with Crippen LogP contribution in [0.4, 0.5) is 8.78 Å². The molecule has 7 nitrogen and oxygen atoms in total. The highest BCUT2D eigenvalue weighted by Gasteiger charge is 2.52. The number of esters is 1. The largest absolute Gasteiger partial charge is 0.469 e. The topological polar surface area (TPSA) is 88.1 Å². The van der Waals surface area contributed by atoms with E-state index in [2.05, 4.69) is 30.8 Å². The zero-order valence-electron chi connectivity index (χ0n) is 24.4. The molecule has 1 spiro atoms. The van der Waals surface area contributed by atoms with Gasteiger partial charge >= 0.3 is 5.97 Å². The number of aliphatic imine (C=N–C) groups is 1. The molecule has 2 aromatic rings. The van der Waals surface area contributed by atoms with Crippen LogP contribution in [-0.2, 0) is 14.3 Å². The van der Waals surface area contributed by atoms with Crippen molar-refractivity contribution in [2.75, 3.05) is 13.7 Å². The van der Waals surface area contributed by atoms with Gasteiger partial charge in [-0.3, -0.25) is 19.4 Å². The summed E-state index contributed by atoms with van der Waals surface area (Å²) >= 11 is 0. The van der Waals surface area contributed by atoms with Crippen molar-refractivity contribution in [2.45, 2.75) is 77.9 Å². The van der Waals surface area contributed by atoms with E-state index >= 15 is 0 Å². The summed E-state index contributed by atoms with van der Waals surface area (Å²) in [5.74, 6) is -2.13. The summed E-state index contributed by atoms with van der Waals surface area (Å²) in [5, 5.41) is 2.69. The Labute approximate surface area is 240 Å². The van der Waals surface area contributed by atoms with E-state index in [-0.39, 0.29) is 41.5 Å². The predicted molar refractivity (Wildman–Crippen MR) is 152 cm³/mol. The number of carbonyl (C=O) groups is 3. The quantitative estimate of drug-likeness (QED) is 0.378. The number of hydrogen-bond donors (Lipinski definition) is 1. The molecule has 1 fully saturated rings. The number of hydrogen-bond acceptors (Lipinski definition) is 5. The lowest BCUT2D eigenvalue weighted by molar-refractivity contribution is -0.140. The smallest absolute Gasteiger partial charge is 0.307 e. The van der Waals surface area contributed by atoms with Crippen molar-refractivity contribution >= 4 is 23.5 Å². The molecule has 1 atom stereocenters. The summed E-state index contributed by atoms with van der Waals surface area (Å²) in [6, 6.07) is 9.63. The van der Waals surface area contributed by atoms with Crippen LogP contribution >= 0.6 is 0 Å². The number of nitrogens with zero attached hydrogens (tertiary/aromatic N) is 2. The molecule has 0 saturated heterocycles. The molecule has 0 radical (unpaired) electrons. The Hall–Kier alpha value is -3.62. The molecular formula is C32H39F2N3O4. The maximum Gasteiger partial charge on any atom is 0.307 e. The van der Waals surface area contributed by atoms with Crippen LogP contribution in [0.1, 0.15) is 93.7 Å². The minimum atomic E-state index is -0.821. The number of rotatable bonds is 9. The van der Waals surface area contributed by atoms with Gasteiger partial charge < -0.3 is 15.0 Å². The Kier molecular flexibility index (Phi) is 8.94. The minimum absolute atomic E-state index is 0.0738. The lowest BCUT2D eigenvalue weighted by Crippen LogP contribution is -2.51. The van der Waals surface area contributed by atoms with Gasteiger partial charge in [0.2, 0.25) is 0 Å².